The molecule has 0 aromatic heterocycles. The topological polar surface area (TPSA) is 54.4 Å². The van der Waals surface area contributed by atoms with E-state index in [2.05, 4.69) is 0 Å². The van der Waals surface area contributed by atoms with Gasteiger partial charge < -0.3 is 5.11 Å². The van der Waals surface area contributed by atoms with Gasteiger partial charge in [-0.25, -0.2) is 9.18 Å². The first-order valence-corrected chi connectivity index (χ1v) is 7.81. The van der Waals surface area contributed by atoms with E-state index in [0.717, 1.165) is 18.9 Å². The van der Waals surface area contributed by atoms with Crippen LogP contribution in [-0.4, -0.2) is 21.0 Å². The zero-order chi connectivity index (χ0) is 13.8. The van der Waals surface area contributed by atoms with Crippen molar-refractivity contribution >= 4 is 16.8 Å². The highest BCUT2D eigenvalue weighted by Crippen LogP contribution is 2.26. The van der Waals surface area contributed by atoms with Crippen LogP contribution in [0, 0.1) is 11.7 Å². The van der Waals surface area contributed by atoms with Gasteiger partial charge in [0.05, 0.1) is 16.4 Å². The molecular weight excluding hydrogens is 267 g/mol. The summed E-state index contributed by atoms with van der Waals surface area (Å²) in [5.41, 5.74) is -0.408. The minimum atomic E-state index is -1.32. The summed E-state index contributed by atoms with van der Waals surface area (Å²) in [6.45, 7) is 0. The molecule has 0 spiro atoms. The van der Waals surface area contributed by atoms with E-state index in [0.29, 0.717) is 16.6 Å². The van der Waals surface area contributed by atoms with Crippen molar-refractivity contribution in [2.45, 2.75) is 37.0 Å². The molecule has 0 bridgehead atoms. The second-order valence-electron chi connectivity index (χ2n) is 4.96. The van der Waals surface area contributed by atoms with Crippen LogP contribution in [0.25, 0.3) is 0 Å². The minimum absolute atomic E-state index is 0.407. The molecule has 1 aliphatic rings. The quantitative estimate of drug-likeness (QED) is 0.923. The highest BCUT2D eigenvalue weighted by molar-refractivity contribution is 7.85. The maximum Gasteiger partial charge on any atom is 0.338 e. The molecule has 0 saturated heterocycles. The first-order chi connectivity index (χ1) is 9.08. The number of benzene rings is 1. The number of halogens is 1. The molecule has 1 fully saturated rings. The van der Waals surface area contributed by atoms with Crippen LogP contribution in [0.15, 0.2) is 23.1 Å². The zero-order valence-electron chi connectivity index (χ0n) is 10.6. The second kappa shape index (κ2) is 6.28. The van der Waals surface area contributed by atoms with Gasteiger partial charge in [-0.05, 0) is 37.0 Å². The van der Waals surface area contributed by atoms with E-state index in [-0.39, 0.29) is 0 Å². The van der Waals surface area contributed by atoms with Gasteiger partial charge in [0.1, 0.15) is 5.82 Å². The lowest BCUT2D eigenvalue weighted by molar-refractivity contribution is 0.0691. The predicted molar refractivity (Wildman–Crippen MR) is 71.2 cm³/mol. The van der Waals surface area contributed by atoms with Crippen molar-refractivity contribution in [2.24, 2.45) is 5.92 Å². The molecule has 2 rings (SSSR count). The van der Waals surface area contributed by atoms with Gasteiger partial charge in [-0.1, -0.05) is 19.3 Å². The molecule has 0 aliphatic heterocycles. The van der Waals surface area contributed by atoms with Gasteiger partial charge >= 0.3 is 5.97 Å². The van der Waals surface area contributed by atoms with Gasteiger partial charge in [0, 0.05) is 10.6 Å². The largest absolute Gasteiger partial charge is 0.478 e. The zero-order valence-corrected chi connectivity index (χ0v) is 11.4. The molecule has 0 heterocycles. The second-order valence-corrected chi connectivity index (χ2v) is 6.46. The molecule has 0 amide bonds. The minimum Gasteiger partial charge on any atom is -0.478 e. The number of carbonyl (C=O) groups is 1. The summed E-state index contributed by atoms with van der Waals surface area (Å²) in [6, 6.07) is 3.69. The molecule has 3 nitrogen and oxygen atoms in total. The van der Waals surface area contributed by atoms with E-state index in [4.69, 9.17) is 5.11 Å². The van der Waals surface area contributed by atoms with Gasteiger partial charge in [0.25, 0.3) is 0 Å². The molecule has 1 aromatic carbocycles. The lowest BCUT2D eigenvalue weighted by Crippen LogP contribution is -2.15. The fourth-order valence-corrected chi connectivity index (χ4v) is 3.90. The van der Waals surface area contributed by atoms with Crippen molar-refractivity contribution in [3.63, 3.8) is 0 Å². The van der Waals surface area contributed by atoms with Crippen molar-refractivity contribution in [2.75, 3.05) is 5.75 Å². The molecule has 19 heavy (non-hydrogen) atoms. The Balaban J connectivity index is 2.10. The van der Waals surface area contributed by atoms with Gasteiger partial charge in [-0.15, -0.1) is 0 Å². The van der Waals surface area contributed by atoms with Gasteiger partial charge in [0.15, 0.2) is 0 Å². The third-order valence-corrected chi connectivity index (χ3v) is 5.10. The van der Waals surface area contributed by atoms with Crippen LogP contribution in [-0.2, 0) is 10.8 Å². The summed E-state index contributed by atoms with van der Waals surface area (Å²) in [4.78, 5) is 11.3. The van der Waals surface area contributed by atoms with Crippen LogP contribution in [0.2, 0.25) is 0 Å². The number of hydrogen-bond acceptors (Lipinski definition) is 2. The Hall–Kier alpha value is -1.23. The van der Waals surface area contributed by atoms with Crippen LogP contribution in [0.5, 0.6) is 0 Å². The smallest absolute Gasteiger partial charge is 0.338 e. The van der Waals surface area contributed by atoms with Crippen molar-refractivity contribution in [1.82, 2.24) is 0 Å². The first-order valence-electron chi connectivity index (χ1n) is 6.49. The highest BCUT2D eigenvalue weighted by Gasteiger charge is 2.19. The molecular formula is C14H17FO3S. The van der Waals surface area contributed by atoms with Crippen LogP contribution in [0.3, 0.4) is 0 Å². The lowest BCUT2D eigenvalue weighted by atomic mass is 9.91. The van der Waals surface area contributed by atoms with Crippen molar-refractivity contribution in [3.05, 3.63) is 29.6 Å². The van der Waals surface area contributed by atoms with E-state index >= 15 is 0 Å². The summed E-state index contributed by atoms with van der Waals surface area (Å²) >= 11 is 0. The van der Waals surface area contributed by atoms with Gasteiger partial charge in [0.2, 0.25) is 0 Å². The Morgan fingerprint density at radius 3 is 2.63 bits per heavy atom. The third kappa shape index (κ3) is 3.62. The van der Waals surface area contributed by atoms with Crippen LogP contribution in [0.1, 0.15) is 42.5 Å². The molecule has 104 valence electrons. The standard InChI is InChI=1S/C14H17FO3S/c15-13-7-6-11(8-12(13)14(16)17)19(18)9-10-4-2-1-3-5-10/h6-8,10H,1-5,9H2,(H,16,17). The number of carboxylic acids is 1. The predicted octanol–water partition coefficient (Wildman–Crippen LogP) is 3.21. The summed E-state index contributed by atoms with van der Waals surface area (Å²) in [5.74, 6) is -1.13. The third-order valence-electron chi connectivity index (χ3n) is 3.54. The maximum absolute atomic E-state index is 13.3. The summed E-state index contributed by atoms with van der Waals surface area (Å²) in [5, 5.41) is 8.85. The molecule has 0 radical (unpaired) electrons. The number of rotatable bonds is 4. The SMILES string of the molecule is O=C(O)c1cc(S(=O)CC2CCCCC2)ccc1F. The molecule has 1 N–H and O–H groups in total. The van der Waals surface area contributed by atoms with Crippen LogP contribution < -0.4 is 0 Å². The summed E-state index contributed by atoms with van der Waals surface area (Å²) in [6.07, 6.45) is 5.75. The fraction of sp³-hybridized carbons (Fsp3) is 0.500. The van der Waals surface area contributed by atoms with E-state index in [1.54, 1.807) is 0 Å². The first kappa shape index (κ1) is 14.2. The molecule has 1 unspecified atom stereocenters. The number of carboxylic acid groups (broad SMARTS) is 1. The fourth-order valence-electron chi connectivity index (χ4n) is 2.47. The molecule has 5 heteroatoms. The Kier molecular flexibility index (Phi) is 4.69. The monoisotopic (exact) mass is 284 g/mol. The summed E-state index contributed by atoms with van der Waals surface area (Å²) < 4.78 is 25.5. The Bertz CT molecular complexity index is 495. The summed E-state index contributed by atoms with van der Waals surface area (Å²) in [7, 11) is -1.25. The normalized spacial score (nSPS) is 18.2. The average Bonchev–Trinajstić information content (AvgIpc) is 2.40. The van der Waals surface area contributed by atoms with Crippen molar-refractivity contribution in [1.29, 1.82) is 0 Å². The van der Waals surface area contributed by atoms with Gasteiger partial charge in [-0.2, -0.15) is 0 Å². The Labute approximate surface area is 114 Å². The maximum atomic E-state index is 13.3. The van der Waals surface area contributed by atoms with Crippen molar-refractivity contribution < 1.29 is 18.5 Å². The molecule has 1 aliphatic carbocycles. The Morgan fingerprint density at radius 2 is 2.00 bits per heavy atom. The highest BCUT2D eigenvalue weighted by atomic mass is 32.2. The van der Waals surface area contributed by atoms with Gasteiger partial charge in [-0.3, -0.25) is 4.21 Å². The Morgan fingerprint density at radius 1 is 1.32 bits per heavy atom. The van der Waals surface area contributed by atoms with Crippen LogP contribution >= 0.6 is 0 Å². The van der Waals surface area contributed by atoms with E-state index < -0.39 is 28.1 Å². The lowest BCUT2D eigenvalue weighted by Gasteiger charge is -2.20. The average molecular weight is 284 g/mol. The molecule has 1 atom stereocenters. The van der Waals surface area contributed by atoms with E-state index in [9.17, 15) is 13.4 Å². The van der Waals surface area contributed by atoms with Crippen LogP contribution in [0.4, 0.5) is 4.39 Å². The number of hydrogen-bond donors (Lipinski definition) is 1. The van der Waals surface area contributed by atoms with Crippen molar-refractivity contribution in [3.8, 4) is 0 Å². The molecule has 1 aromatic rings. The molecule has 1 saturated carbocycles. The number of aromatic carboxylic acids is 1. The van der Waals surface area contributed by atoms with E-state index in [1.807, 2.05) is 0 Å². The van der Waals surface area contributed by atoms with E-state index in [1.165, 1.54) is 31.4 Å².